The molecule has 0 aliphatic carbocycles. The van der Waals surface area contributed by atoms with Gasteiger partial charge in [-0.3, -0.25) is 9.10 Å². The summed E-state index contributed by atoms with van der Waals surface area (Å²) in [7, 11) is -4.04. The Hall–Kier alpha value is -4.44. The molecule has 10 heteroatoms. The molecule has 3 aromatic carbocycles. The van der Waals surface area contributed by atoms with Crippen LogP contribution in [0.1, 0.15) is 23.9 Å². The highest BCUT2D eigenvalue weighted by Crippen LogP contribution is 2.26. The number of carbonyl (C=O) groups excluding carboxylic acids is 1. The molecule has 0 aliphatic rings. The number of aryl methyl sites for hydroxylation is 1. The van der Waals surface area contributed by atoms with E-state index in [4.69, 9.17) is 4.74 Å². The Bertz CT molecular complexity index is 1570. The largest absolute Gasteiger partial charge is 0.494 e. The molecule has 4 rings (SSSR count). The highest BCUT2D eigenvalue weighted by molar-refractivity contribution is 7.92. The molecule has 0 unspecified atom stereocenters. The number of carbonyl (C=O) groups is 1. The number of halogens is 1. The van der Waals surface area contributed by atoms with E-state index in [2.05, 4.69) is 10.5 Å². The Morgan fingerprint density at radius 1 is 1.03 bits per heavy atom. The lowest BCUT2D eigenvalue weighted by Gasteiger charge is -2.24. The average Bonchev–Trinajstić information content (AvgIpc) is 3.21. The number of hydrogen-bond acceptors (Lipinski definition) is 5. The first-order valence-corrected chi connectivity index (χ1v) is 13.7. The van der Waals surface area contributed by atoms with E-state index >= 15 is 0 Å². The summed E-state index contributed by atoms with van der Waals surface area (Å²) in [6, 6.07) is 22.4. The molecule has 0 radical (unpaired) electrons. The topological polar surface area (TPSA) is 93.0 Å². The van der Waals surface area contributed by atoms with Crippen LogP contribution in [0.2, 0.25) is 0 Å². The Morgan fingerprint density at radius 3 is 2.33 bits per heavy atom. The van der Waals surface area contributed by atoms with Crippen molar-refractivity contribution in [3.05, 3.63) is 108 Å². The van der Waals surface area contributed by atoms with E-state index < -0.39 is 22.5 Å². The third kappa shape index (κ3) is 6.35. The van der Waals surface area contributed by atoms with Gasteiger partial charge >= 0.3 is 0 Å². The van der Waals surface area contributed by atoms with Crippen LogP contribution in [-0.4, -0.2) is 38.3 Å². The van der Waals surface area contributed by atoms with Gasteiger partial charge in [-0.05, 0) is 87.5 Å². The minimum atomic E-state index is -4.04. The second kappa shape index (κ2) is 12.0. The van der Waals surface area contributed by atoms with Crippen molar-refractivity contribution in [1.29, 1.82) is 0 Å². The van der Waals surface area contributed by atoms with Gasteiger partial charge in [0.2, 0.25) is 0 Å². The standard InChI is InChI=1S/C29H29FN4O4S/c1-4-38-27-16-14-25(15-17-27)33(39(36,37)28-8-6-5-7-9-28)20-29(35)32-31-19-23-18-21(2)34(22(23)3)26-12-10-24(30)11-13-26/h5-19H,4,20H2,1-3H3,(H,32,35)/b31-19+. The normalized spacial score (nSPS) is 11.5. The van der Waals surface area contributed by atoms with Crippen LogP contribution < -0.4 is 14.5 Å². The van der Waals surface area contributed by atoms with Crippen LogP contribution in [0.5, 0.6) is 5.75 Å². The fourth-order valence-corrected chi connectivity index (χ4v) is 5.60. The maximum Gasteiger partial charge on any atom is 0.264 e. The molecular formula is C29H29FN4O4S. The van der Waals surface area contributed by atoms with Gasteiger partial charge in [0, 0.05) is 22.6 Å². The summed E-state index contributed by atoms with van der Waals surface area (Å²) in [6.07, 6.45) is 1.49. The van der Waals surface area contributed by atoms with Crippen molar-refractivity contribution in [2.75, 3.05) is 17.5 Å². The lowest BCUT2D eigenvalue weighted by atomic mass is 10.2. The van der Waals surface area contributed by atoms with E-state index in [0.717, 1.165) is 26.9 Å². The number of anilines is 1. The van der Waals surface area contributed by atoms with Gasteiger partial charge in [-0.1, -0.05) is 18.2 Å². The molecule has 39 heavy (non-hydrogen) atoms. The molecule has 1 N–H and O–H groups in total. The molecule has 0 bridgehead atoms. The highest BCUT2D eigenvalue weighted by Gasteiger charge is 2.27. The number of aromatic nitrogens is 1. The van der Waals surface area contributed by atoms with Gasteiger partial charge in [0.05, 0.1) is 23.4 Å². The quantitative estimate of drug-likeness (QED) is 0.224. The molecular weight excluding hydrogens is 519 g/mol. The molecule has 1 amide bonds. The van der Waals surface area contributed by atoms with E-state index in [0.29, 0.717) is 18.0 Å². The van der Waals surface area contributed by atoms with E-state index in [-0.39, 0.29) is 10.7 Å². The van der Waals surface area contributed by atoms with Crippen molar-refractivity contribution < 1.29 is 22.3 Å². The molecule has 1 aromatic heterocycles. The minimum Gasteiger partial charge on any atom is -0.494 e. The zero-order chi connectivity index (χ0) is 28.0. The second-order valence-corrected chi connectivity index (χ2v) is 10.5. The maximum absolute atomic E-state index is 13.5. The SMILES string of the molecule is CCOc1ccc(N(CC(=O)N/N=C/c2cc(C)n(-c3ccc(F)cc3)c2C)S(=O)(=O)c2ccccc2)cc1. The van der Waals surface area contributed by atoms with Gasteiger partial charge in [0.1, 0.15) is 18.1 Å². The third-order valence-electron chi connectivity index (χ3n) is 6.00. The summed E-state index contributed by atoms with van der Waals surface area (Å²) < 4.78 is 48.7. The minimum absolute atomic E-state index is 0.0587. The Balaban J connectivity index is 1.54. The van der Waals surface area contributed by atoms with Gasteiger partial charge in [0.25, 0.3) is 15.9 Å². The smallest absolute Gasteiger partial charge is 0.264 e. The highest BCUT2D eigenvalue weighted by atomic mass is 32.2. The number of ether oxygens (including phenoxy) is 1. The Labute approximate surface area is 227 Å². The fraction of sp³-hybridized carbons (Fsp3) is 0.172. The van der Waals surface area contributed by atoms with Crippen molar-refractivity contribution in [1.82, 2.24) is 9.99 Å². The average molecular weight is 549 g/mol. The van der Waals surface area contributed by atoms with Crippen molar-refractivity contribution in [2.45, 2.75) is 25.7 Å². The van der Waals surface area contributed by atoms with Crippen LogP contribution in [0.25, 0.3) is 5.69 Å². The molecule has 8 nitrogen and oxygen atoms in total. The van der Waals surface area contributed by atoms with Gasteiger partial charge in [-0.15, -0.1) is 0 Å². The first kappa shape index (κ1) is 27.6. The zero-order valence-electron chi connectivity index (χ0n) is 21.8. The van der Waals surface area contributed by atoms with Crippen molar-refractivity contribution in [2.24, 2.45) is 5.10 Å². The molecule has 0 saturated carbocycles. The molecule has 0 spiro atoms. The van der Waals surface area contributed by atoms with E-state index in [1.807, 2.05) is 31.4 Å². The third-order valence-corrected chi connectivity index (χ3v) is 7.79. The Morgan fingerprint density at radius 2 is 1.69 bits per heavy atom. The number of nitrogens with zero attached hydrogens (tertiary/aromatic N) is 3. The summed E-state index contributed by atoms with van der Waals surface area (Å²) in [5, 5.41) is 4.07. The number of nitrogens with one attached hydrogen (secondary N) is 1. The number of hydrazone groups is 1. The molecule has 1 heterocycles. The van der Waals surface area contributed by atoms with Crippen LogP contribution in [-0.2, 0) is 14.8 Å². The van der Waals surface area contributed by atoms with Gasteiger partial charge in [0.15, 0.2) is 0 Å². The summed E-state index contributed by atoms with van der Waals surface area (Å²) in [4.78, 5) is 12.9. The Kier molecular flexibility index (Phi) is 8.46. The molecule has 0 atom stereocenters. The van der Waals surface area contributed by atoms with Crippen LogP contribution in [0.3, 0.4) is 0 Å². The lowest BCUT2D eigenvalue weighted by molar-refractivity contribution is -0.119. The molecule has 0 fully saturated rings. The molecule has 4 aromatic rings. The van der Waals surface area contributed by atoms with Gasteiger partial charge < -0.3 is 9.30 Å². The van der Waals surface area contributed by atoms with Crippen molar-refractivity contribution in [3.8, 4) is 11.4 Å². The van der Waals surface area contributed by atoms with E-state index in [1.54, 1.807) is 54.6 Å². The second-order valence-electron chi connectivity index (χ2n) is 8.68. The molecule has 0 aliphatic heterocycles. The fourth-order valence-electron chi connectivity index (χ4n) is 4.16. The molecule has 0 saturated heterocycles. The number of benzene rings is 3. The molecule has 202 valence electrons. The predicted octanol–water partition coefficient (Wildman–Crippen LogP) is 4.98. The van der Waals surface area contributed by atoms with Gasteiger partial charge in [-0.25, -0.2) is 18.2 Å². The predicted molar refractivity (Wildman–Crippen MR) is 150 cm³/mol. The van der Waals surface area contributed by atoms with Crippen LogP contribution in [0.4, 0.5) is 10.1 Å². The van der Waals surface area contributed by atoms with Gasteiger partial charge in [-0.2, -0.15) is 5.10 Å². The number of sulfonamides is 1. The van der Waals surface area contributed by atoms with E-state index in [9.17, 15) is 17.6 Å². The number of hydrogen-bond donors (Lipinski definition) is 1. The number of amides is 1. The summed E-state index contributed by atoms with van der Waals surface area (Å²) in [6.45, 7) is 5.63. The van der Waals surface area contributed by atoms with Crippen LogP contribution in [0, 0.1) is 19.7 Å². The summed E-state index contributed by atoms with van der Waals surface area (Å²) in [5.41, 5.74) is 6.04. The lowest BCUT2D eigenvalue weighted by Crippen LogP contribution is -2.39. The zero-order valence-corrected chi connectivity index (χ0v) is 22.7. The van der Waals surface area contributed by atoms with Crippen molar-refractivity contribution >= 4 is 27.8 Å². The van der Waals surface area contributed by atoms with Crippen LogP contribution in [0.15, 0.2) is 94.9 Å². The first-order valence-electron chi connectivity index (χ1n) is 12.3. The number of rotatable bonds is 10. The monoisotopic (exact) mass is 548 g/mol. The first-order chi connectivity index (χ1) is 18.7. The summed E-state index contributed by atoms with van der Waals surface area (Å²) >= 11 is 0. The van der Waals surface area contributed by atoms with Crippen molar-refractivity contribution in [3.63, 3.8) is 0 Å². The maximum atomic E-state index is 13.5. The summed E-state index contributed by atoms with van der Waals surface area (Å²) in [5.74, 6) is -0.350. The van der Waals surface area contributed by atoms with Crippen LogP contribution >= 0.6 is 0 Å². The van der Waals surface area contributed by atoms with E-state index in [1.165, 1.54) is 30.5 Å².